The first-order valence-corrected chi connectivity index (χ1v) is 5.93. The lowest BCUT2D eigenvalue weighted by molar-refractivity contribution is 0.0697. The molecule has 2 aromatic carbocycles. The molecule has 0 amide bonds. The van der Waals surface area contributed by atoms with Crippen molar-refractivity contribution in [2.45, 2.75) is 6.92 Å². The van der Waals surface area contributed by atoms with Crippen LogP contribution < -0.4 is 10.6 Å². The lowest BCUT2D eigenvalue weighted by Crippen LogP contribution is -2.15. The van der Waals surface area contributed by atoms with Gasteiger partial charge in [-0.05, 0) is 36.8 Å². The van der Waals surface area contributed by atoms with E-state index in [4.69, 9.17) is 5.73 Å². The molecular weight excluding hydrogens is 240 g/mol. The molecule has 0 aromatic heterocycles. The molecule has 0 atom stereocenters. The number of nitrogens with two attached hydrogens (primary N) is 1. The number of carboxylic acids is 1. The number of aromatic carboxylic acids is 1. The standard InChI is InChI=1S/C15H16N2O2/c1-10-5-3-4-6-13(10)17(2)14-8-7-11(16)9-12(14)15(18)19/h3-9H,16H2,1-2H3,(H,18,19). The largest absolute Gasteiger partial charge is 0.478 e. The summed E-state index contributed by atoms with van der Waals surface area (Å²) in [6, 6.07) is 12.7. The monoisotopic (exact) mass is 256 g/mol. The van der Waals surface area contributed by atoms with Crippen LogP contribution in [0.1, 0.15) is 15.9 Å². The number of hydrogen-bond donors (Lipinski definition) is 2. The zero-order chi connectivity index (χ0) is 14.0. The molecule has 0 heterocycles. The molecule has 4 heteroatoms. The second-order valence-electron chi connectivity index (χ2n) is 4.43. The van der Waals surface area contributed by atoms with E-state index in [9.17, 15) is 9.90 Å². The fraction of sp³-hybridized carbons (Fsp3) is 0.133. The van der Waals surface area contributed by atoms with Crippen molar-refractivity contribution in [1.29, 1.82) is 0 Å². The SMILES string of the molecule is Cc1ccccc1N(C)c1ccc(N)cc1C(=O)O. The van der Waals surface area contributed by atoms with E-state index in [0.717, 1.165) is 11.3 Å². The number of nitrogen functional groups attached to an aromatic ring is 1. The van der Waals surface area contributed by atoms with Crippen LogP contribution in [0.4, 0.5) is 17.1 Å². The highest BCUT2D eigenvalue weighted by Gasteiger charge is 2.15. The lowest BCUT2D eigenvalue weighted by Gasteiger charge is -2.23. The Balaban J connectivity index is 2.53. The predicted molar refractivity (Wildman–Crippen MR) is 77.1 cm³/mol. The van der Waals surface area contributed by atoms with Crippen molar-refractivity contribution >= 4 is 23.0 Å². The van der Waals surface area contributed by atoms with Gasteiger partial charge in [-0.1, -0.05) is 18.2 Å². The number of hydrogen-bond acceptors (Lipinski definition) is 3. The molecule has 0 aliphatic carbocycles. The zero-order valence-electron chi connectivity index (χ0n) is 10.9. The van der Waals surface area contributed by atoms with E-state index >= 15 is 0 Å². The first-order chi connectivity index (χ1) is 9.00. The molecule has 3 N–H and O–H groups in total. The molecule has 0 radical (unpaired) electrons. The fourth-order valence-corrected chi connectivity index (χ4v) is 2.09. The number of aryl methyl sites for hydroxylation is 1. The minimum Gasteiger partial charge on any atom is -0.478 e. The minimum absolute atomic E-state index is 0.200. The molecule has 19 heavy (non-hydrogen) atoms. The first-order valence-electron chi connectivity index (χ1n) is 5.93. The van der Waals surface area contributed by atoms with Gasteiger partial charge in [0.25, 0.3) is 0 Å². The Hall–Kier alpha value is -2.49. The van der Waals surface area contributed by atoms with Crippen molar-refractivity contribution in [3.05, 3.63) is 53.6 Å². The maximum Gasteiger partial charge on any atom is 0.337 e. The Kier molecular flexibility index (Phi) is 3.42. The molecule has 0 bridgehead atoms. The highest BCUT2D eigenvalue weighted by molar-refractivity contribution is 5.96. The van der Waals surface area contributed by atoms with Crippen molar-refractivity contribution in [1.82, 2.24) is 0 Å². The molecule has 0 unspecified atom stereocenters. The van der Waals surface area contributed by atoms with Crippen molar-refractivity contribution < 1.29 is 9.90 Å². The number of rotatable bonds is 3. The molecule has 2 aromatic rings. The van der Waals surface area contributed by atoms with Gasteiger partial charge >= 0.3 is 5.97 Å². The van der Waals surface area contributed by atoms with E-state index in [1.54, 1.807) is 12.1 Å². The van der Waals surface area contributed by atoms with Crippen LogP contribution in [0.2, 0.25) is 0 Å². The number of benzene rings is 2. The quantitative estimate of drug-likeness (QED) is 0.828. The maximum atomic E-state index is 11.3. The Morgan fingerprint density at radius 1 is 1.16 bits per heavy atom. The van der Waals surface area contributed by atoms with Crippen LogP contribution in [0.25, 0.3) is 0 Å². The van der Waals surface area contributed by atoms with Crippen molar-refractivity contribution in [3.8, 4) is 0 Å². The second-order valence-corrected chi connectivity index (χ2v) is 4.43. The summed E-state index contributed by atoms with van der Waals surface area (Å²) in [4.78, 5) is 13.2. The highest BCUT2D eigenvalue weighted by atomic mass is 16.4. The summed E-state index contributed by atoms with van der Waals surface area (Å²) in [7, 11) is 1.85. The number of anilines is 3. The van der Waals surface area contributed by atoms with Gasteiger partial charge in [-0.25, -0.2) is 4.79 Å². The molecule has 0 saturated carbocycles. The first kappa shape index (κ1) is 13.0. The maximum absolute atomic E-state index is 11.3. The summed E-state index contributed by atoms with van der Waals surface area (Å²) in [5, 5.41) is 9.27. The third kappa shape index (κ3) is 2.52. The van der Waals surface area contributed by atoms with Crippen LogP contribution in [-0.4, -0.2) is 18.1 Å². The Labute approximate surface area is 112 Å². The molecule has 0 spiro atoms. The lowest BCUT2D eigenvalue weighted by atomic mass is 10.1. The number of nitrogens with zero attached hydrogens (tertiary/aromatic N) is 1. The van der Waals surface area contributed by atoms with Crippen LogP contribution >= 0.6 is 0 Å². The van der Waals surface area contributed by atoms with Gasteiger partial charge in [-0.2, -0.15) is 0 Å². The molecule has 4 nitrogen and oxygen atoms in total. The van der Waals surface area contributed by atoms with Gasteiger partial charge in [0.1, 0.15) is 0 Å². The predicted octanol–water partition coefficient (Wildman–Crippen LogP) is 3.04. The zero-order valence-corrected chi connectivity index (χ0v) is 10.9. The smallest absolute Gasteiger partial charge is 0.337 e. The van der Waals surface area contributed by atoms with E-state index in [2.05, 4.69) is 0 Å². The van der Waals surface area contributed by atoms with Crippen LogP contribution in [0.3, 0.4) is 0 Å². The van der Waals surface area contributed by atoms with Gasteiger partial charge in [0.2, 0.25) is 0 Å². The van der Waals surface area contributed by atoms with E-state index < -0.39 is 5.97 Å². The topological polar surface area (TPSA) is 66.6 Å². The summed E-state index contributed by atoms with van der Waals surface area (Å²) in [5.41, 5.74) is 8.97. The van der Waals surface area contributed by atoms with Gasteiger partial charge in [0.05, 0.1) is 11.3 Å². The molecular formula is C15H16N2O2. The molecule has 0 aliphatic heterocycles. The normalized spacial score (nSPS) is 10.2. The van der Waals surface area contributed by atoms with E-state index in [0.29, 0.717) is 11.4 Å². The van der Waals surface area contributed by atoms with Gasteiger partial charge < -0.3 is 15.7 Å². The van der Waals surface area contributed by atoms with Crippen molar-refractivity contribution in [3.63, 3.8) is 0 Å². The van der Waals surface area contributed by atoms with Crippen LogP contribution in [0, 0.1) is 6.92 Å². The molecule has 0 aliphatic rings. The molecule has 2 rings (SSSR count). The van der Waals surface area contributed by atoms with E-state index in [1.165, 1.54) is 6.07 Å². The van der Waals surface area contributed by atoms with Crippen molar-refractivity contribution in [2.75, 3.05) is 17.7 Å². The van der Waals surface area contributed by atoms with Crippen LogP contribution in [0.15, 0.2) is 42.5 Å². The van der Waals surface area contributed by atoms with Crippen molar-refractivity contribution in [2.24, 2.45) is 0 Å². The van der Waals surface area contributed by atoms with E-state index in [-0.39, 0.29) is 5.56 Å². The fourth-order valence-electron chi connectivity index (χ4n) is 2.09. The van der Waals surface area contributed by atoms with Gasteiger partial charge in [0, 0.05) is 18.4 Å². The second kappa shape index (κ2) is 5.02. The highest BCUT2D eigenvalue weighted by Crippen LogP contribution is 2.30. The van der Waals surface area contributed by atoms with Crippen LogP contribution in [0.5, 0.6) is 0 Å². The van der Waals surface area contributed by atoms with E-state index in [1.807, 2.05) is 43.1 Å². The van der Waals surface area contributed by atoms with Gasteiger partial charge in [-0.3, -0.25) is 0 Å². The van der Waals surface area contributed by atoms with Crippen LogP contribution in [-0.2, 0) is 0 Å². The number of carboxylic acid groups (broad SMARTS) is 1. The molecule has 0 saturated heterocycles. The summed E-state index contributed by atoms with van der Waals surface area (Å²) in [6.45, 7) is 1.99. The average molecular weight is 256 g/mol. The average Bonchev–Trinajstić information content (AvgIpc) is 2.38. The molecule has 98 valence electrons. The third-order valence-corrected chi connectivity index (χ3v) is 3.09. The van der Waals surface area contributed by atoms with Gasteiger partial charge in [0.15, 0.2) is 0 Å². The van der Waals surface area contributed by atoms with Gasteiger partial charge in [-0.15, -0.1) is 0 Å². The Morgan fingerprint density at radius 3 is 2.47 bits per heavy atom. The summed E-state index contributed by atoms with van der Waals surface area (Å²) < 4.78 is 0. The summed E-state index contributed by atoms with van der Waals surface area (Å²) >= 11 is 0. The summed E-state index contributed by atoms with van der Waals surface area (Å²) in [5.74, 6) is -0.984. The number of carbonyl (C=O) groups is 1. The molecule has 0 fully saturated rings. The minimum atomic E-state index is -0.984. The third-order valence-electron chi connectivity index (χ3n) is 3.09. The Bertz CT molecular complexity index is 623. The Morgan fingerprint density at radius 2 is 1.84 bits per heavy atom. The number of para-hydroxylation sites is 1. The summed E-state index contributed by atoms with van der Waals surface area (Å²) in [6.07, 6.45) is 0.